The van der Waals surface area contributed by atoms with Crippen molar-refractivity contribution in [3.8, 4) is 22.3 Å². The van der Waals surface area contributed by atoms with E-state index in [0.717, 1.165) is 17.1 Å². The minimum absolute atomic E-state index is 0.416. The van der Waals surface area contributed by atoms with Gasteiger partial charge in [-0.3, -0.25) is 0 Å². The molecule has 49 heavy (non-hydrogen) atoms. The van der Waals surface area contributed by atoms with E-state index in [2.05, 4.69) is 193 Å². The summed E-state index contributed by atoms with van der Waals surface area (Å²) in [7, 11) is 0. The number of benzene rings is 8. The van der Waals surface area contributed by atoms with Crippen LogP contribution in [0.25, 0.3) is 33.0 Å². The summed E-state index contributed by atoms with van der Waals surface area (Å²) in [5.74, 6) is 0. The van der Waals surface area contributed by atoms with Gasteiger partial charge in [0.25, 0.3) is 0 Å². The molecule has 2 heteroatoms. The van der Waals surface area contributed by atoms with Crippen LogP contribution in [0.3, 0.4) is 0 Å². The summed E-state index contributed by atoms with van der Waals surface area (Å²) in [6, 6.07) is 69.0. The Morgan fingerprint density at radius 2 is 0.857 bits per heavy atom. The Bertz CT molecular complexity index is 2430. The van der Waals surface area contributed by atoms with Crippen LogP contribution in [0.4, 0.5) is 17.1 Å². The van der Waals surface area contributed by atoms with Gasteiger partial charge in [0, 0.05) is 26.9 Å². The highest BCUT2D eigenvalue weighted by Gasteiger charge is 2.50. The maximum absolute atomic E-state index is 2.40. The van der Waals surface area contributed by atoms with Crippen molar-refractivity contribution in [3.05, 3.63) is 210 Å². The molecule has 0 radical (unpaired) electrons. The zero-order valence-corrected chi connectivity index (χ0v) is 27.6. The van der Waals surface area contributed by atoms with Gasteiger partial charge in [-0.15, -0.1) is 0 Å². The van der Waals surface area contributed by atoms with Crippen LogP contribution >= 0.6 is 11.8 Å². The molecule has 0 atom stereocenters. The van der Waals surface area contributed by atoms with E-state index in [1.54, 1.807) is 0 Å². The second-order valence-electron chi connectivity index (χ2n) is 12.8. The van der Waals surface area contributed by atoms with Gasteiger partial charge in [-0.1, -0.05) is 163 Å². The molecule has 1 aliphatic heterocycles. The first-order valence-electron chi connectivity index (χ1n) is 16.9. The molecule has 2 aliphatic rings. The summed E-state index contributed by atoms with van der Waals surface area (Å²) in [4.78, 5) is 5.00. The number of anilines is 3. The van der Waals surface area contributed by atoms with Crippen LogP contribution in [0.5, 0.6) is 0 Å². The maximum Gasteiger partial charge on any atom is 0.0735 e. The average Bonchev–Trinajstić information content (AvgIpc) is 3.47. The lowest BCUT2D eigenvalue weighted by Crippen LogP contribution is -2.32. The van der Waals surface area contributed by atoms with Gasteiger partial charge in [-0.05, 0) is 91.7 Å². The summed E-state index contributed by atoms with van der Waals surface area (Å²) in [6.45, 7) is 0. The first kappa shape index (κ1) is 28.2. The second kappa shape index (κ2) is 11.1. The van der Waals surface area contributed by atoms with Crippen LogP contribution in [-0.4, -0.2) is 0 Å². The molecule has 0 saturated carbocycles. The quantitative estimate of drug-likeness (QED) is 0.188. The smallest absolute Gasteiger partial charge is 0.0735 e. The zero-order valence-electron chi connectivity index (χ0n) is 26.8. The predicted octanol–water partition coefficient (Wildman–Crippen LogP) is 12.8. The van der Waals surface area contributed by atoms with E-state index >= 15 is 0 Å². The maximum atomic E-state index is 2.40. The molecule has 0 bridgehead atoms. The van der Waals surface area contributed by atoms with Crippen LogP contribution in [0.2, 0.25) is 0 Å². The van der Waals surface area contributed by atoms with Crippen molar-refractivity contribution in [1.29, 1.82) is 0 Å². The summed E-state index contributed by atoms with van der Waals surface area (Å²) in [5.41, 5.74) is 13.6. The second-order valence-corrected chi connectivity index (χ2v) is 13.9. The van der Waals surface area contributed by atoms with Crippen molar-refractivity contribution >= 4 is 39.6 Å². The summed E-state index contributed by atoms with van der Waals surface area (Å²) >= 11 is 1.94. The SMILES string of the molecule is c1ccc(N(c2ccccc2)c2ccc(-c3cccc4c3Sc3c(ccc5ccccc35)C43c4ccccc4-c4ccccc43)cc2)cc1. The molecule has 1 nitrogen and oxygen atoms in total. The van der Waals surface area contributed by atoms with Crippen LogP contribution in [0.1, 0.15) is 22.3 Å². The largest absolute Gasteiger partial charge is 0.311 e. The number of hydrogen-bond donors (Lipinski definition) is 0. The summed E-state index contributed by atoms with van der Waals surface area (Å²) in [6.07, 6.45) is 0. The molecule has 1 aliphatic carbocycles. The Kier molecular flexibility index (Phi) is 6.40. The fourth-order valence-electron chi connectivity index (χ4n) is 8.27. The van der Waals surface area contributed by atoms with Gasteiger partial charge in [0.15, 0.2) is 0 Å². The normalized spacial score (nSPS) is 13.4. The first-order valence-corrected chi connectivity index (χ1v) is 17.7. The Morgan fingerprint density at radius 1 is 0.347 bits per heavy atom. The van der Waals surface area contributed by atoms with E-state index in [9.17, 15) is 0 Å². The fourth-order valence-corrected chi connectivity index (χ4v) is 9.73. The topological polar surface area (TPSA) is 3.24 Å². The number of nitrogens with zero attached hydrogens (tertiary/aromatic N) is 1. The van der Waals surface area contributed by atoms with E-state index < -0.39 is 5.41 Å². The van der Waals surface area contributed by atoms with E-state index in [1.807, 2.05) is 11.8 Å². The molecule has 0 fully saturated rings. The van der Waals surface area contributed by atoms with Crippen molar-refractivity contribution in [2.75, 3.05) is 4.90 Å². The van der Waals surface area contributed by atoms with Crippen LogP contribution in [0, 0.1) is 0 Å². The molecular formula is C47H31NS. The Balaban J connectivity index is 1.20. The molecule has 8 aromatic carbocycles. The molecular weight excluding hydrogens is 611 g/mol. The number of fused-ring (bicyclic) bond motifs is 11. The molecule has 0 N–H and O–H groups in total. The molecule has 0 saturated heterocycles. The van der Waals surface area contributed by atoms with Crippen molar-refractivity contribution < 1.29 is 0 Å². The molecule has 0 unspecified atom stereocenters. The lowest BCUT2D eigenvalue weighted by Gasteiger charge is -2.41. The van der Waals surface area contributed by atoms with Gasteiger partial charge in [0.2, 0.25) is 0 Å². The molecule has 1 heterocycles. The van der Waals surface area contributed by atoms with Crippen LogP contribution in [-0.2, 0) is 5.41 Å². The minimum Gasteiger partial charge on any atom is -0.311 e. The average molecular weight is 642 g/mol. The Labute approximate surface area is 291 Å². The molecule has 230 valence electrons. The Morgan fingerprint density at radius 3 is 1.53 bits per heavy atom. The number of para-hydroxylation sites is 2. The predicted molar refractivity (Wildman–Crippen MR) is 205 cm³/mol. The Hall–Kier alpha value is -5.83. The number of rotatable bonds is 4. The standard InChI is InChI=1S/C47H31NS/c1-3-15-34(16-4-1)48(35-17-5-2-6-18-35)36-29-26-33(27-30-36)38-22-13-25-43-45(38)49-46-37-19-8-7-14-32(37)28-31-44(46)47(43)41-23-11-9-20-39(41)40-21-10-12-24-42(40)47/h1-31H. The van der Waals surface area contributed by atoms with E-state index in [1.165, 1.54) is 65.1 Å². The van der Waals surface area contributed by atoms with E-state index in [0.29, 0.717) is 0 Å². The van der Waals surface area contributed by atoms with Gasteiger partial charge >= 0.3 is 0 Å². The third-order valence-electron chi connectivity index (χ3n) is 10.3. The minimum atomic E-state index is -0.416. The zero-order chi connectivity index (χ0) is 32.4. The monoisotopic (exact) mass is 641 g/mol. The molecule has 10 rings (SSSR count). The van der Waals surface area contributed by atoms with E-state index in [-0.39, 0.29) is 0 Å². The molecule has 0 amide bonds. The van der Waals surface area contributed by atoms with Gasteiger partial charge in [0.05, 0.1) is 5.41 Å². The third-order valence-corrected chi connectivity index (χ3v) is 11.6. The first-order chi connectivity index (χ1) is 24.3. The van der Waals surface area contributed by atoms with Crippen molar-refractivity contribution in [1.82, 2.24) is 0 Å². The summed E-state index contributed by atoms with van der Waals surface area (Å²) < 4.78 is 0. The van der Waals surface area contributed by atoms with Gasteiger partial charge in [-0.2, -0.15) is 0 Å². The van der Waals surface area contributed by atoms with Crippen LogP contribution < -0.4 is 4.90 Å². The highest BCUT2D eigenvalue weighted by molar-refractivity contribution is 8.00. The fraction of sp³-hybridized carbons (Fsp3) is 0.0213. The van der Waals surface area contributed by atoms with Crippen molar-refractivity contribution in [2.45, 2.75) is 15.2 Å². The lowest BCUT2D eigenvalue weighted by molar-refractivity contribution is 0.726. The van der Waals surface area contributed by atoms with Gasteiger partial charge in [-0.25, -0.2) is 0 Å². The summed E-state index contributed by atoms with van der Waals surface area (Å²) in [5, 5.41) is 2.58. The van der Waals surface area contributed by atoms with Crippen LogP contribution in [0.15, 0.2) is 198 Å². The molecule has 8 aromatic rings. The highest BCUT2D eigenvalue weighted by atomic mass is 32.2. The molecule has 0 aromatic heterocycles. The van der Waals surface area contributed by atoms with Crippen molar-refractivity contribution in [2.24, 2.45) is 0 Å². The molecule has 1 spiro atoms. The lowest BCUT2D eigenvalue weighted by atomic mass is 9.66. The van der Waals surface area contributed by atoms with Gasteiger partial charge < -0.3 is 4.90 Å². The van der Waals surface area contributed by atoms with Gasteiger partial charge in [0.1, 0.15) is 0 Å². The highest BCUT2D eigenvalue weighted by Crippen LogP contribution is 2.64. The third kappa shape index (κ3) is 4.14. The van der Waals surface area contributed by atoms with E-state index in [4.69, 9.17) is 0 Å². The van der Waals surface area contributed by atoms with Crippen molar-refractivity contribution in [3.63, 3.8) is 0 Å². The number of hydrogen-bond acceptors (Lipinski definition) is 2.